The number of aromatic nitrogens is 4. The summed E-state index contributed by atoms with van der Waals surface area (Å²) in [6, 6.07) is 0. The van der Waals surface area contributed by atoms with Gasteiger partial charge in [0.2, 0.25) is 0 Å². The highest BCUT2D eigenvalue weighted by atomic mass is 15.5. The van der Waals surface area contributed by atoms with E-state index in [1.807, 2.05) is 7.05 Å². The Morgan fingerprint density at radius 3 is 2.73 bits per heavy atom. The second kappa shape index (κ2) is 3.46. The molecule has 1 unspecified atom stereocenters. The van der Waals surface area contributed by atoms with Crippen LogP contribution in [0.25, 0.3) is 0 Å². The molecule has 1 heterocycles. The third kappa shape index (κ3) is 1.76. The monoisotopic (exact) mass is 154 g/mol. The first-order valence-electron chi connectivity index (χ1n) is 3.98. The van der Waals surface area contributed by atoms with Crippen molar-refractivity contribution in [2.45, 2.75) is 32.6 Å². The van der Waals surface area contributed by atoms with Crippen LogP contribution in [0.3, 0.4) is 0 Å². The lowest BCUT2D eigenvalue weighted by atomic mass is 10.1. The summed E-state index contributed by atoms with van der Waals surface area (Å²) < 4.78 is 1.74. The van der Waals surface area contributed by atoms with Crippen LogP contribution in [-0.2, 0) is 7.05 Å². The molecule has 0 aliphatic rings. The average Bonchev–Trinajstić information content (AvgIpc) is 2.36. The molecule has 4 nitrogen and oxygen atoms in total. The van der Waals surface area contributed by atoms with Crippen LogP contribution in [0.4, 0.5) is 0 Å². The number of rotatable bonds is 3. The maximum absolute atomic E-state index is 3.94. The van der Waals surface area contributed by atoms with Crippen LogP contribution in [0, 0.1) is 0 Å². The highest BCUT2D eigenvalue weighted by Gasteiger charge is 2.10. The molecule has 0 aliphatic carbocycles. The minimum atomic E-state index is 0.472. The molecule has 1 aromatic heterocycles. The van der Waals surface area contributed by atoms with E-state index in [4.69, 9.17) is 0 Å². The minimum absolute atomic E-state index is 0.472. The Bertz CT molecular complexity index is 218. The number of hydrogen-bond acceptors (Lipinski definition) is 3. The average molecular weight is 154 g/mol. The Morgan fingerprint density at radius 2 is 2.27 bits per heavy atom. The van der Waals surface area contributed by atoms with Crippen molar-refractivity contribution in [3.8, 4) is 0 Å². The fourth-order valence-electron chi connectivity index (χ4n) is 1.22. The van der Waals surface area contributed by atoms with Crippen molar-refractivity contribution in [2.24, 2.45) is 7.05 Å². The van der Waals surface area contributed by atoms with Crippen molar-refractivity contribution in [1.29, 1.82) is 0 Å². The predicted molar refractivity (Wildman–Crippen MR) is 42.1 cm³/mol. The maximum Gasteiger partial charge on any atom is 0.153 e. The summed E-state index contributed by atoms with van der Waals surface area (Å²) in [5, 5.41) is 11.3. The molecule has 0 radical (unpaired) electrons. The molecular weight excluding hydrogens is 140 g/mol. The van der Waals surface area contributed by atoms with Crippen LogP contribution in [0.5, 0.6) is 0 Å². The summed E-state index contributed by atoms with van der Waals surface area (Å²) in [6.07, 6.45) is 2.32. The highest BCUT2D eigenvalue weighted by Crippen LogP contribution is 2.15. The SMILES string of the molecule is CCCC(C)c1nnnn1C. The minimum Gasteiger partial charge on any atom is -0.232 e. The normalized spacial score (nSPS) is 13.4. The quantitative estimate of drug-likeness (QED) is 0.655. The first-order chi connectivity index (χ1) is 5.25. The van der Waals surface area contributed by atoms with Gasteiger partial charge in [-0.05, 0) is 16.8 Å². The lowest BCUT2D eigenvalue weighted by Crippen LogP contribution is -2.03. The summed E-state index contributed by atoms with van der Waals surface area (Å²) in [4.78, 5) is 0. The van der Waals surface area contributed by atoms with E-state index in [0.29, 0.717) is 5.92 Å². The summed E-state index contributed by atoms with van der Waals surface area (Å²) in [6.45, 7) is 4.31. The van der Waals surface area contributed by atoms with Crippen molar-refractivity contribution in [1.82, 2.24) is 20.2 Å². The van der Waals surface area contributed by atoms with Crippen molar-refractivity contribution >= 4 is 0 Å². The molecule has 62 valence electrons. The first-order valence-corrected chi connectivity index (χ1v) is 3.98. The van der Waals surface area contributed by atoms with Gasteiger partial charge in [0.25, 0.3) is 0 Å². The predicted octanol–water partition coefficient (Wildman–Crippen LogP) is 1.11. The summed E-state index contributed by atoms with van der Waals surface area (Å²) in [5.74, 6) is 1.45. The molecule has 0 aromatic carbocycles. The summed E-state index contributed by atoms with van der Waals surface area (Å²) in [7, 11) is 1.88. The smallest absolute Gasteiger partial charge is 0.153 e. The molecule has 11 heavy (non-hydrogen) atoms. The fraction of sp³-hybridized carbons (Fsp3) is 0.857. The maximum atomic E-state index is 3.94. The topological polar surface area (TPSA) is 43.6 Å². The highest BCUT2D eigenvalue weighted by molar-refractivity contribution is 4.89. The molecule has 0 spiro atoms. The van der Waals surface area contributed by atoms with Crippen LogP contribution < -0.4 is 0 Å². The molecule has 1 atom stereocenters. The van der Waals surface area contributed by atoms with Crippen molar-refractivity contribution in [2.75, 3.05) is 0 Å². The molecule has 0 saturated heterocycles. The molecule has 1 rings (SSSR count). The largest absolute Gasteiger partial charge is 0.232 e. The lowest BCUT2D eigenvalue weighted by molar-refractivity contribution is 0.578. The van der Waals surface area contributed by atoms with E-state index in [9.17, 15) is 0 Å². The third-order valence-corrected chi connectivity index (χ3v) is 1.82. The molecule has 0 saturated carbocycles. The molecule has 0 N–H and O–H groups in total. The van der Waals surface area contributed by atoms with Crippen molar-refractivity contribution in [3.05, 3.63) is 5.82 Å². The number of aryl methyl sites for hydroxylation is 1. The van der Waals surface area contributed by atoms with Crippen LogP contribution in [0.1, 0.15) is 38.4 Å². The standard InChI is InChI=1S/C7H14N4/c1-4-5-6(2)7-8-9-10-11(7)3/h6H,4-5H2,1-3H3. The van der Waals surface area contributed by atoms with Gasteiger partial charge in [-0.25, -0.2) is 4.68 Å². The zero-order valence-electron chi connectivity index (χ0n) is 7.28. The Kier molecular flexibility index (Phi) is 2.57. The number of nitrogens with zero attached hydrogens (tertiary/aromatic N) is 4. The summed E-state index contributed by atoms with van der Waals surface area (Å²) in [5.41, 5.74) is 0. The zero-order chi connectivity index (χ0) is 8.27. The van der Waals surface area contributed by atoms with Crippen LogP contribution in [-0.4, -0.2) is 20.2 Å². The molecule has 1 aromatic rings. The van der Waals surface area contributed by atoms with E-state index in [2.05, 4.69) is 29.4 Å². The Hall–Kier alpha value is -0.930. The van der Waals surface area contributed by atoms with E-state index < -0.39 is 0 Å². The van der Waals surface area contributed by atoms with Gasteiger partial charge in [0, 0.05) is 13.0 Å². The van der Waals surface area contributed by atoms with E-state index >= 15 is 0 Å². The van der Waals surface area contributed by atoms with E-state index in [-0.39, 0.29) is 0 Å². The van der Waals surface area contributed by atoms with Gasteiger partial charge in [-0.1, -0.05) is 20.3 Å². The van der Waals surface area contributed by atoms with Gasteiger partial charge >= 0.3 is 0 Å². The van der Waals surface area contributed by atoms with E-state index in [0.717, 1.165) is 12.2 Å². The van der Waals surface area contributed by atoms with E-state index in [1.165, 1.54) is 6.42 Å². The van der Waals surface area contributed by atoms with Gasteiger partial charge < -0.3 is 0 Å². The molecule has 0 aliphatic heterocycles. The van der Waals surface area contributed by atoms with Gasteiger partial charge in [-0.2, -0.15) is 0 Å². The molecule has 0 bridgehead atoms. The number of tetrazole rings is 1. The fourth-order valence-corrected chi connectivity index (χ4v) is 1.22. The molecule has 0 fully saturated rings. The second-order valence-electron chi connectivity index (χ2n) is 2.85. The Morgan fingerprint density at radius 1 is 1.55 bits per heavy atom. The third-order valence-electron chi connectivity index (χ3n) is 1.82. The molecule has 0 amide bonds. The Balaban J connectivity index is 2.67. The molecule has 4 heteroatoms. The van der Waals surface area contributed by atoms with Gasteiger partial charge in [-0.15, -0.1) is 5.10 Å². The van der Waals surface area contributed by atoms with E-state index in [1.54, 1.807) is 4.68 Å². The van der Waals surface area contributed by atoms with Crippen LogP contribution in [0.15, 0.2) is 0 Å². The molecular formula is C7H14N4. The van der Waals surface area contributed by atoms with Crippen molar-refractivity contribution < 1.29 is 0 Å². The van der Waals surface area contributed by atoms with Gasteiger partial charge in [0.05, 0.1) is 0 Å². The Labute approximate surface area is 66.6 Å². The van der Waals surface area contributed by atoms with Crippen LogP contribution in [0.2, 0.25) is 0 Å². The summed E-state index contributed by atoms with van der Waals surface area (Å²) >= 11 is 0. The van der Waals surface area contributed by atoms with Gasteiger partial charge in [0.1, 0.15) is 0 Å². The number of hydrogen-bond donors (Lipinski definition) is 0. The van der Waals surface area contributed by atoms with Crippen LogP contribution >= 0.6 is 0 Å². The second-order valence-corrected chi connectivity index (χ2v) is 2.85. The zero-order valence-corrected chi connectivity index (χ0v) is 7.28. The first kappa shape index (κ1) is 8.17. The van der Waals surface area contributed by atoms with Gasteiger partial charge in [0.15, 0.2) is 5.82 Å². The van der Waals surface area contributed by atoms with Gasteiger partial charge in [-0.3, -0.25) is 0 Å². The van der Waals surface area contributed by atoms with Crippen molar-refractivity contribution in [3.63, 3.8) is 0 Å². The lowest BCUT2D eigenvalue weighted by Gasteiger charge is -2.05.